The van der Waals surface area contributed by atoms with Gasteiger partial charge in [-0.25, -0.2) is 4.79 Å². The number of likely N-dealkylation sites (tertiary alicyclic amines) is 1. The summed E-state index contributed by atoms with van der Waals surface area (Å²) in [6.07, 6.45) is 6.59. The van der Waals surface area contributed by atoms with E-state index in [1.54, 1.807) is 13.3 Å². The predicted octanol–water partition coefficient (Wildman–Crippen LogP) is 2.91. The van der Waals surface area contributed by atoms with Crippen LogP contribution in [0.15, 0.2) is 30.5 Å². The zero-order valence-electron chi connectivity index (χ0n) is 19.4. The van der Waals surface area contributed by atoms with Crippen LogP contribution in [0.25, 0.3) is 0 Å². The predicted molar refractivity (Wildman–Crippen MR) is 124 cm³/mol. The highest BCUT2D eigenvalue weighted by molar-refractivity contribution is 5.88. The lowest BCUT2D eigenvalue weighted by molar-refractivity contribution is 0.0515. The van der Waals surface area contributed by atoms with Crippen molar-refractivity contribution in [1.29, 1.82) is 0 Å². The van der Waals surface area contributed by atoms with Crippen molar-refractivity contribution in [1.82, 2.24) is 20.0 Å². The molecule has 174 valence electrons. The van der Waals surface area contributed by atoms with Gasteiger partial charge in [-0.05, 0) is 56.2 Å². The Labute approximate surface area is 191 Å². The summed E-state index contributed by atoms with van der Waals surface area (Å²) in [5.74, 6) is 0.276. The molecule has 2 heterocycles. The van der Waals surface area contributed by atoms with E-state index in [0.29, 0.717) is 37.4 Å². The summed E-state index contributed by atoms with van der Waals surface area (Å²) in [6.45, 7) is 7.66. The van der Waals surface area contributed by atoms with Gasteiger partial charge < -0.3 is 9.47 Å². The molecule has 1 aliphatic carbocycles. The van der Waals surface area contributed by atoms with Gasteiger partial charge in [0, 0.05) is 44.9 Å². The molecule has 2 aromatic rings. The zero-order chi connectivity index (χ0) is 22.3. The van der Waals surface area contributed by atoms with Crippen LogP contribution in [-0.4, -0.2) is 78.5 Å². The van der Waals surface area contributed by atoms with E-state index in [2.05, 4.69) is 44.3 Å². The molecule has 7 heteroatoms. The second-order valence-electron chi connectivity index (χ2n) is 9.05. The summed E-state index contributed by atoms with van der Waals surface area (Å²) >= 11 is 0. The molecule has 2 aliphatic rings. The third-order valence-corrected chi connectivity index (χ3v) is 6.82. The Kier molecular flexibility index (Phi) is 7.95. The number of fused-ring (bicyclic) bond motifs is 1. The second-order valence-corrected chi connectivity index (χ2v) is 9.05. The van der Waals surface area contributed by atoms with Crippen LogP contribution in [0, 0.1) is 5.92 Å². The largest absolute Gasteiger partial charge is 0.461 e. The number of H-pyrrole nitrogens is 1. The highest BCUT2D eigenvalue weighted by atomic mass is 16.5. The Morgan fingerprint density at radius 1 is 1.28 bits per heavy atom. The van der Waals surface area contributed by atoms with Crippen molar-refractivity contribution in [3.8, 4) is 0 Å². The van der Waals surface area contributed by atoms with Crippen molar-refractivity contribution in [2.75, 3.05) is 46.5 Å². The zero-order valence-corrected chi connectivity index (χ0v) is 19.4. The third kappa shape index (κ3) is 5.57. The number of carbonyl (C=O) groups is 1. The lowest BCUT2D eigenvalue weighted by Crippen LogP contribution is -2.46. The van der Waals surface area contributed by atoms with Crippen molar-refractivity contribution in [3.05, 3.63) is 52.8 Å². The van der Waals surface area contributed by atoms with Gasteiger partial charge in [-0.15, -0.1) is 0 Å². The third-order valence-electron chi connectivity index (χ3n) is 6.82. The first-order valence-electron chi connectivity index (χ1n) is 11.9. The average molecular weight is 441 g/mol. The molecule has 0 unspecified atom stereocenters. The number of methoxy groups -OCH3 is 1. The minimum Gasteiger partial charge on any atom is -0.461 e. The number of nitrogens with zero attached hydrogens (tertiary/aromatic N) is 3. The Morgan fingerprint density at radius 3 is 2.78 bits per heavy atom. The van der Waals surface area contributed by atoms with Crippen LogP contribution in [-0.2, 0) is 28.9 Å². The molecular formula is C25H36N4O3. The number of piperidine rings is 1. The van der Waals surface area contributed by atoms with E-state index in [1.165, 1.54) is 43.4 Å². The summed E-state index contributed by atoms with van der Waals surface area (Å²) in [4.78, 5) is 17.4. The molecule has 1 aliphatic heterocycles. The minimum absolute atomic E-state index is 0.337. The van der Waals surface area contributed by atoms with E-state index in [4.69, 9.17) is 9.47 Å². The SMILES string of the molecule is CCOC(=O)c1[nH]ncc1CN(CCOC)C[C@@H]1CCCN(C2Cc3ccccc3C2)C1. The number of nitrogens with one attached hydrogen (secondary N) is 1. The van der Waals surface area contributed by atoms with Gasteiger partial charge >= 0.3 is 5.97 Å². The van der Waals surface area contributed by atoms with Crippen molar-refractivity contribution < 1.29 is 14.3 Å². The van der Waals surface area contributed by atoms with E-state index >= 15 is 0 Å². The maximum Gasteiger partial charge on any atom is 0.356 e. The van der Waals surface area contributed by atoms with Gasteiger partial charge in [0.2, 0.25) is 0 Å². The molecular weight excluding hydrogens is 404 g/mol. The molecule has 0 saturated carbocycles. The van der Waals surface area contributed by atoms with Crippen LogP contribution in [0.3, 0.4) is 0 Å². The Hall–Kier alpha value is -2.22. The van der Waals surface area contributed by atoms with E-state index < -0.39 is 0 Å². The number of esters is 1. The molecule has 0 bridgehead atoms. The number of ether oxygens (including phenoxy) is 2. The van der Waals surface area contributed by atoms with Crippen LogP contribution < -0.4 is 0 Å². The fourth-order valence-electron chi connectivity index (χ4n) is 5.24. The van der Waals surface area contributed by atoms with Crippen LogP contribution in [0.2, 0.25) is 0 Å². The van der Waals surface area contributed by atoms with Crippen LogP contribution in [0.5, 0.6) is 0 Å². The summed E-state index contributed by atoms with van der Waals surface area (Å²) in [6, 6.07) is 9.53. The number of hydrogen-bond acceptors (Lipinski definition) is 6. The molecule has 0 amide bonds. The molecule has 1 atom stereocenters. The smallest absolute Gasteiger partial charge is 0.356 e. The monoisotopic (exact) mass is 440 g/mol. The van der Waals surface area contributed by atoms with Crippen LogP contribution in [0.4, 0.5) is 0 Å². The maximum absolute atomic E-state index is 12.3. The van der Waals surface area contributed by atoms with Gasteiger partial charge in [0.25, 0.3) is 0 Å². The van der Waals surface area contributed by atoms with E-state index in [-0.39, 0.29) is 5.97 Å². The Bertz CT molecular complexity index is 859. The number of rotatable bonds is 10. The Balaban J connectivity index is 1.37. The highest BCUT2D eigenvalue weighted by Crippen LogP contribution is 2.29. The quantitative estimate of drug-likeness (QED) is 0.573. The molecule has 1 saturated heterocycles. The number of carbonyl (C=O) groups excluding carboxylic acids is 1. The fraction of sp³-hybridized carbons (Fsp3) is 0.600. The van der Waals surface area contributed by atoms with Crippen molar-refractivity contribution in [3.63, 3.8) is 0 Å². The van der Waals surface area contributed by atoms with Crippen molar-refractivity contribution in [2.45, 2.75) is 45.2 Å². The standard InChI is InChI=1S/C25H36N4O3/c1-3-32-25(30)24-22(15-26-27-24)18-28(11-12-31-2)16-19-7-6-10-29(17-19)23-13-20-8-4-5-9-21(20)14-23/h4-5,8-9,15,19,23H,3,6-7,10-14,16-18H2,1-2H3,(H,26,27)/t19-/m0/s1. The van der Waals surface area contributed by atoms with Gasteiger partial charge in [-0.1, -0.05) is 24.3 Å². The number of benzene rings is 1. The van der Waals surface area contributed by atoms with E-state index in [0.717, 1.165) is 25.2 Å². The number of hydrogen-bond donors (Lipinski definition) is 1. The summed E-state index contributed by atoms with van der Waals surface area (Å²) in [5, 5.41) is 6.92. The molecule has 1 aromatic carbocycles. The average Bonchev–Trinajstić information content (AvgIpc) is 3.45. The summed E-state index contributed by atoms with van der Waals surface area (Å²) in [5.41, 5.74) is 4.39. The molecule has 1 aromatic heterocycles. The molecule has 32 heavy (non-hydrogen) atoms. The number of aromatic amines is 1. The molecule has 0 spiro atoms. The van der Waals surface area contributed by atoms with Crippen molar-refractivity contribution >= 4 is 5.97 Å². The van der Waals surface area contributed by atoms with Gasteiger partial charge in [0.1, 0.15) is 5.69 Å². The first kappa shape index (κ1) is 23.0. The van der Waals surface area contributed by atoms with Crippen LogP contribution >= 0.6 is 0 Å². The first-order chi connectivity index (χ1) is 15.7. The minimum atomic E-state index is -0.337. The van der Waals surface area contributed by atoms with Gasteiger partial charge in [-0.3, -0.25) is 14.9 Å². The topological polar surface area (TPSA) is 70.7 Å². The molecule has 0 radical (unpaired) electrons. The van der Waals surface area contributed by atoms with E-state index in [1.807, 2.05) is 6.92 Å². The highest BCUT2D eigenvalue weighted by Gasteiger charge is 2.31. The normalized spacial score (nSPS) is 19.4. The lowest BCUT2D eigenvalue weighted by Gasteiger charge is -2.38. The molecule has 1 N–H and O–H groups in total. The molecule has 1 fully saturated rings. The Morgan fingerprint density at radius 2 is 2.06 bits per heavy atom. The van der Waals surface area contributed by atoms with Crippen LogP contribution in [0.1, 0.15) is 46.9 Å². The summed E-state index contributed by atoms with van der Waals surface area (Å²) < 4.78 is 10.5. The number of aromatic nitrogens is 2. The first-order valence-corrected chi connectivity index (χ1v) is 11.9. The molecule has 7 nitrogen and oxygen atoms in total. The fourth-order valence-corrected chi connectivity index (χ4v) is 5.24. The molecule has 4 rings (SSSR count). The maximum atomic E-state index is 12.3. The second kappa shape index (κ2) is 11.1. The van der Waals surface area contributed by atoms with Crippen molar-refractivity contribution in [2.24, 2.45) is 5.92 Å². The van der Waals surface area contributed by atoms with Gasteiger partial charge in [0.05, 0.1) is 19.4 Å². The lowest BCUT2D eigenvalue weighted by atomic mass is 9.95. The van der Waals surface area contributed by atoms with Gasteiger partial charge in [-0.2, -0.15) is 5.10 Å². The van der Waals surface area contributed by atoms with E-state index in [9.17, 15) is 4.79 Å². The summed E-state index contributed by atoms with van der Waals surface area (Å²) in [7, 11) is 1.74. The van der Waals surface area contributed by atoms with Gasteiger partial charge in [0.15, 0.2) is 0 Å².